The van der Waals surface area contributed by atoms with Crippen LogP contribution in [0.4, 0.5) is 0 Å². The zero-order valence-electron chi connectivity index (χ0n) is 16.9. The van der Waals surface area contributed by atoms with E-state index in [-0.39, 0.29) is 22.9 Å². The lowest BCUT2D eigenvalue weighted by Crippen LogP contribution is -2.43. The van der Waals surface area contributed by atoms with Gasteiger partial charge in [0.2, 0.25) is 10.0 Å². The van der Waals surface area contributed by atoms with E-state index in [9.17, 15) is 13.2 Å². The molecule has 0 radical (unpaired) electrons. The van der Waals surface area contributed by atoms with Gasteiger partial charge < -0.3 is 10.1 Å². The highest BCUT2D eigenvalue weighted by Crippen LogP contribution is 2.39. The van der Waals surface area contributed by atoms with Crippen LogP contribution in [0.15, 0.2) is 53.4 Å². The second-order valence-corrected chi connectivity index (χ2v) is 9.29. The molecular weight excluding hydrogens is 388 g/mol. The Morgan fingerprint density at radius 1 is 1.10 bits per heavy atom. The van der Waals surface area contributed by atoms with E-state index in [4.69, 9.17) is 4.74 Å². The summed E-state index contributed by atoms with van der Waals surface area (Å²) in [4.78, 5) is 13.1. The summed E-state index contributed by atoms with van der Waals surface area (Å²) >= 11 is 0. The van der Waals surface area contributed by atoms with Gasteiger partial charge in [-0.2, -0.15) is 0 Å². The van der Waals surface area contributed by atoms with Gasteiger partial charge in [-0.15, -0.1) is 0 Å². The minimum atomic E-state index is -3.62. The zero-order valence-corrected chi connectivity index (χ0v) is 17.7. The third-order valence-electron chi connectivity index (χ3n) is 5.41. The molecule has 1 aliphatic carbocycles. The number of ether oxygens (including phenoxy) is 1. The number of amides is 1. The van der Waals surface area contributed by atoms with Gasteiger partial charge in [-0.25, -0.2) is 13.1 Å². The first-order valence-electron chi connectivity index (χ1n) is 9.85. The van der Waals surface area contributed by atoms with Gasteiger partial charge in [-0.3, -0.25) is 4.79 Å². The van der Waals surface area contributed by atoms with Crippen LogP contribution in [0.2, 0.25) is 0 Å². The summed E-state index contributed by atoms with van der Waals surface area (Å²) in [6.07, 6.45) is 3.94. The largest absolute Gasteiger partial charge is 0.383 e. The molecule has 7 heteroatoms. The molecule has 2 aromatic rings. The van der Waals surface area contributed by atoms with Crippen molar-refractivity contribution in [3.05, 3.63) is 65.2 Å². The zero-order chi connectivity index (χ0) is 20.9. The first-order chi connectivity index (χ1) is 13.9. The van der Waals surface area contributed by atoms with Crippen LogP contribution in [-0.2, 0) is 20.3 Å². The van der Waals surface area contributed by atoms with Crippen molar-refractivity contribution in [2.24, 2.45) is 0 Å². The maximum Gasteiger partial charge on any atom is 0.251 e. The molecule has 1 saturated carbocycles. The molecule has 1 amide bonds. The topological polar surface area (TPSA) is 84.5 Å². The van der Waals surface area contributed by atoms with Gasteiger partial charge in [0.25, 0.3) is 5.91 Å². The normalized spacial score (nSPS) is 15.9. The summed E-state index contributed by atoms with van der Waals surface area (Å²) in [5.41, 5.74) is 2.37. The van der Waals surface area contributed by atoms with Gasteiger partial charge in [0.1, 0.15) is 0 Å². The van der Waals surface area contributed by atoms with Crippen LogP contribution < -0.4 is 10.0 Å². The molecule has 0 saturated heterocycles. The van der Waals surface area contributed by atoms with Gasteiger partial charge in [-0.05, 0) is 49.6 Å². The van der Waals surface area contributed by atoms with Gasteiger partial charge in [-0.1, -0.05) is 42.7 Å². The molecule has 0 atom stereocenters. The number of hydrogen-bond donors (Lipinski definition) is 2. The first-order valence-corrected chi connectivity index (χ1v) is 11.3. The fourth-order valence-corrected chi connectivity index (χ4v) is 4.86. The lowest BCUT2D eigenvalue weighted by molar-refractivity contribution is 0.0898. The third-order valence-corrected chi connectivity index (χ3v) is 6.88. The molecule has 6 nitrogen and oxygen atoms in total. The van der Waals surface area contributed by atoms with E-state index in [1.165, 1.54) is 24.8 Å². The Hall–Kier alpha value is -2.22. The molecule has 0 aromatic heterocycles. The van der Waals surface area contributed by atoms with E-state index in [1.807, 2.05) is 19.1 Å². The Labute approximate surface area is 172 Å². The number of rotatable bonds is 8. The van der Waals surface area contributed by atoms with E-state index in [2.05, 4.69) is 22.2 Å². The highest BCUT2D eigenvalue weighted by Gasteiger charge is 2.37. The fourth-order valence-electron chi connectivity index (χ4n) is 3.84. The van der Waals surface area contributed by atoms with Crippen molar-refractivity contribution in [3.8, 4) is 0 Å². The molecule has 156 valence electrons. The van der Waals surface area contributed by atoms with Crippen LogP contribution in [0.5, 0.6) is 0 Å². The van der Waals surface area contributed by atoms with Crippen molar-refractivity contribution in [2.45, 2.75) is 43.0 Å². The third kappa shape index (κ3) is 5.04. The molecular formula is C22H28N2O4S. The Bertz CT molecular complexity index is 949. The van der Waals surface area contributed by atoms with Gasteiger partial charge in [0, 0.05) is 19.2 Å². The van der Waals surface area contributed by atoms with Crippen LogP contribution in [0, 0.1) is 6.92 Å². The minimum Gasteiger partial charge on any atom is -0.383 e. The Balaban J connectivity index is 1.76. The highest BCUT2D eigenvalue weighted by molar-refractivity contribution is 7.89. The highest BCUT2D eigenvalue weighted by atomic mass is 32.2. The second kappa shape index (κ2) is 9.07. The quantitative estimate of drug-likeness (QED) is 0.648. The molecule has 0 unspecified atom stereocenters. The standard InChI is InChI=1S/C22H28N2O4S/c1-17-6-5-7-19(16-17)22(12-3-4-13-22)24-21(25)18-8-10-20(11-9-18)29(26,27)23-14-15-28-2/h5-11,16,23H,3-4,12-15H2,1-2H3,(H,24,25). The maximum atomic E-state index is 12.9. The van der Waals surface area contributed by atoms with Crippen LogP contribution in [-0.4, -0.2) is 34.6 Å². The first kappa shape index (κ1) is 21.5. The number of sulfonamides is 1. The van der Waals surface area contributed by atoms with E-state index in [1.54, 1.807) is 12.1 Å². The van der Waals surface area contributed by atoms with E-state index in [0.29, 0.717) is 12.2 Å². The van der Waals surface area contributed by atoms with Crippen LogP contribution in [0.3, 0.4) is 0 Å². The number of methoxy groups -OCH3 is 1. The lowest BCUT2D eigenvalue weighted by Gasteiger charge is -2.31. The molecule has 3 rings (SSSR count). The van der Waals surface area contributed by atoms with Crippen molar-refractivity contribution in [1.82, 2.24) is 10.0 Å². The predicted molar refractivity (Wildman–Crippen MR) is 112 cm³/mol. The van der Waals surface area contributed by atoms with Crippen LogP contribution >= 0.6 is 0 Å². The van der Waals surface area contributed by atoms with Crippen LogP contribution in [0.25, 0.3) is 0 Å². The minimum absolute atomic E-state index is 0.124. The number of hydrogen-bond acceptors (Lipinski definition) is 4. The smallest absolute Gasteiger partial charge is 0.251 e. The van der Waals surface area contributed by atoms with E-state index >= 15 is 0 Å². The lowest BCUT2D eigenvalue weighted by atomic mass is 9.87. The molecule has 29 heavy (non-hydrogen) atoms. The molecule has 0 spiro atoms. The number of aryl methyl sites for hydroxylation is 1. The summed E-state index contributed by atoms with van der Waals surface area (Å²) in [5.74, 6) is -0.190. The van der Waals surface area contributed by atoms with Gasteiger partial charge in [0.05, 0.1) is 17.0 Å². The van der Waals surface area contributed by atoms with Crippen LogP contribution in [0.1, 0.15) is 47.2 Å². The molecule has 1 fully saturated rings. The molecule has 0 heterocycles. The SMILES string of the molecule is COCCNS(=O)(=O)c1ccc(C(=O)NC2(c3cccc(C)c3)CCCC2)cc1. The fraction of sp³-hybridized carbons (Fsp3) is 0.409. The maximum absolute atomic E-state index is 12.9. The Kier molecular flexibility index (Phi) is 6.72. The monoisotopic (exact) mass is 416 g/mol. The summed E-state index contributed by atoms with van der Waals surface area (Å²) in [6, 6.07) is 14.3. The predicted octanol–water partition coefficient (Wildman–Crippen LogP) is 3.12. The summed E-state index contributed by atoms with van der Waals surface area (Å²) in [5, 5.41) is 3.23. The number of carbonyl (C=O) groups is 1. The molecule has 0 bridgehead atoms. The van der Waals surface area contributed by atoms with Gasteiger partial charge >= 0.3 is 0 Å². The molecule has 2 aromatic carbocycles. The van der Waals surface area contributed by atoms with Crippen molar-refractivity contribution in [1.29, 1.82) is 0 Å². The summed E-state index contributed by atoms with van der Waals surface area (Å²) in [7, 11) is -2.11. The van der Waals surface area contributed by atoms with Gasteiger partial charge in [0.15, 0.2) is 0 Å². The average Bonchev–Trinajstić information content (AvgIpc) is 3.18. The van der Waals surface area contributed by atoms with Crippen molar-refractivity contribution < 1.29 is 17.9 Å². The molecule has 2 N–H and O–H groups in total. The van der Waals surface area contributed by atoms with Crippen molar-refractivity contribution in [3.63, 3.8) is 0 Å². The number of carbonyl (C=O) groups excluding carboxylic acids is 1. The van der Waals surface area contributed by atoms with E-state index in [0.717, 1.165) is 31.2 Å². The van der Waals surface area contributed by atoms with Crippen molar-refractivity contribution >= 4 is 15.9 Å². The Morgan fingerprint density at radius 2 is 1.79 bits per heavy atom. The summed E-state index contributed by atoms with van der Waals surface area (Å²) < 4.78 is 31.9. The second-order valence-electron chi connectivity index (χ2n) is 7.53. The number of benzene rings is 2. The van der Waals surface area contributed by atoms with Crippen molar-refractivity contribution in [2.75, 3.05) is 20.3 Å². The molecule has 1 aliphatic rings. The summed E-state index contributed by atoms with van der Waals surface area (Å²) in [6.45, 7) is 2.54. The Morgan fingerprint density at radius 3 is 2.41 bits per heavy atom. The van der Waals surface area contributed by atoms with E-state index < -0.39 is 10.0 Å². The number of nitrogens with one attached hydrogen (secondary N) is 2. The molecule has 0 aliphatic heterocycles. The average molecular weight is 417 g/mol.